The third-order valence-corrected chi connectivity index (χ3v) is 4.16. The number of rotatable bonds is 1. The summed E-state index contributed by atoms with van der Waals surface area (Å²) >= 11 is 0. The van der Waals surface area contributed by atoms with Crippen LogP contribution in [0.2, 0.25) is 0 Å². The monoisotopic (exact) mass is 241 g/mol. The topological polar surface area (TPSA) is 12.0 Å². The molecular formula is C13H14F3N. The Labute approximate surface area is 98.0 Å². The maximum atomic E-state index is 12.5. The predicted molar refractivity (Wildman–Crippen MR) is 58.8 cm³/mol. The van der Waals surface area contributed by atoms with Crippen LogP contribution in [0.4, 0.5) is 13.2 Å². The van der Waals surface area contributed by atoms with Crippen molar-refractivity contribution in [3.63, 3.8) is 0 Å². The average molecular weight is 241 g/mol. The minimum absolute atomic E-state index is 0.0921. The third-order valence-electron chi connectivity index (χ3n) is 4.16. The van der Waals surface area contributed by atoms with Crippen LogP contribution in [0, 0.1) is 0 Å². The van der Waals surface area contributed by atoms with Gasteiger partial charge in [-0.15, -0.1) is 0 Å². The van der Waals surface area contributed by atoms with Gasteiger partial charge in [-0.2, -0.15) is 13.2 Å². The van der Waals surface area contributed by atoms with E-state index < -0.39 is 11.7 Å². The molecule has 0 radical (unpaired) electrons. The second-order valence-corrected chi connectivity index (χ2v) is 5.18. The number of benzene rings is 1. The maximum absolute atomic E-state index is 12.5. The van der Waals surface area contributed by atoms with E-state index in [1.54, 1.807) is 12.1 Å². The lowest BCUT2D eigenvalue weighted by atomic mass is 9.80. The lowest BCUT2D eigenvalue weighted by Gasteiger charge is -2.27. The Kier molecular flexibility index (Phi) is 2.27. The molecule has 1 aliphatic carbocycles. The van der Waals surface area contributed by atoms with Crippen molar-refractivity contribution in [3.05, 3.63) is 35.4 Å². The molecule has 2 fully saturated rings. The van der Waals surface area contributed by atoms with Gasteiger partial charge in [0.05, 0.1) is 5.56 Å². The van der Waals surface area contributed by atoms with Gasteiger partial charge >= 0.3 is 6.18 Å². The zero-order valence-corrected chi connectivity index (χ0v) is 9.35. The van der Waals surface area contributed by atoms with E-state index in [0.29, 0.717) is 6.04 Å². The second-order valence-electron chi connectivity index (χ2n) is 5.18. The van der Waals surface area contributed by atoms with Gasteiger partial charge < -0.3 is 5.32 Å². The van der Waals surface area contributed by atoms with E-state index in [4.69, 9.17) is 0 Å². The Balaban J connectivity index is 1.90. The van der Waals surface area contributed by atoms with Crippen molar-refractivity contribution >= 4 is 0 Å². The summed E-state index contributed by atoms with van der Waals surface area (Å²) in [4.78, 5) is 0. The van der Waals surface area contributed by atoms with E-state index >= 15 is 0 Å². The molecule has 1 N–H and O–H groups in total. The zero-order valence-electron chi connectivity index (χ0n) is 9.35. The van der Waals surface area contributed by atoms with Gasteiger partial charge in [-0.1, -0.05) is 12.1 Å². The fraction of sp³-hybridized carbons (Fsp3) is 0.538. The Morgan fingerprint density at radius 1 is 1.18 bits per heavy atom. The standard InChI is InChI=1S/C13H14F3N/c14-13(15,16)10-3-1-9(2-4-10)12-6-5-11(7-12)17-8-12/h1-4,11,17H,5-8H2. The van der Waals surface area contributed by atoms with Crippen LogP contribution in [-0.4, -0.2) is 12.6 Å². The first-order valence-electron chi connectivity index (χ1n) is 5.91. The van der Waals surface area contributed by atoms with Crippen LogP contribution in [0.15, 0.2) is 24.3 Å². The smallest absolute Gasteiger partial charge is 0.313 e. The van der Waals surface area contributed by atoms with E-state index in [2.05, 4.69) is 5.32 Å². The SMILES string of the molecule is FC(F)(F)c1ccc(C23CCC(C2)NC3)cc1. The van der Waals surface area contributed by atoms with Gasteiger partial charge in [0.1, 0.15) is 0 Å². The van der Waals surface area contributed by atoms with Crippen LogP contribution in [0.5, 0.6) is 0 Å². The van der Waals surface area contributed by atoms with Crippen molar-refractivity contribution in [3.8, 4) is 0 Å². The molecule has 92 valence electrons. The zero-order chi connectivity index (χ0) is 12.1. The van der Waals surface area contributed by atoms with Gasteiger partial charge in [-0.05, 0) is 37.0 Å². The third kappa shape index (κ3) is 1.75. The van der Waals surface area contributed by atoms with Gasteiger partial charge in [0.25, 0.3) is 0 Å². The van der Waals surface area contributed by atoms with Gasteiger partial charge in [-0.3, -0.25) is 0 Å². The lowest BCUT2D eigenvalue weighted by molar-refractivity contribution is -0.137. The summed E-state index contributed by atoms with van der Waals surface area (Å²) in [7, 11) is 0. The van der Waals surface area contributed by atoms with Crippen molar-refractivity contribution in [2.45, 2.75) is 36.9 Å². The fourth-order valence-electron chi connectivity index (χ4n) is 3.18. The van der Waals surface area contributed by atoms with E-state index in [1.165, 1.54) is 12.1 Å². The van der Waals surface area contributed by atoms with E-state index in [-0.39, 0.29) is 5.41 Å². The minimum atomic E-state index is -4.23. The Bertz CT molecular complexity index is 413. The van der Waals surface area contributed by atoms with E-state index in [0.717, 1.165) is 31.4 Å². The number of halogens is 3. The molecule has 2 atom stereocenters. The normalized spacial score (nSPS) is 32.1. The average Bonchev–Trinajstić information content (AvgIpc) is 2.89. The molecular weight excluding hydrogens is 227 g/mol. The molecule has 0 amide bonds. The molecule has 17 heavy (non-hydrogen) atoms. The first-order valence-corrected chi connectivity index (χ1v) is 5.91. The highest BCUT2D eigenvalue weighted by molar-refractivity contribution is 5.34. The molecule has 4 heteroatoms. The molecule has 1 aromatic carbocycles. The number of hydrogen-bond acceptors (Lipinski definition) is 1. The van der Waals surface area contributed by atoms with Crippen molar-refractivity contribution in [2.75, 3.05) is 6.54 Å². The van der Waals surface area contributed by atoms with Gasteiger partial charge in [-0.25, -0.2) is 0 Å². The molecule has 1 heterocycles. The summed E-state index contributed by atoms with van der Waals surface area (Å²) < 4.78 is 37.4. The molecule has 3 rings (SSSR count). The van der Waals surface area contributed by atoms with E-state index in [1.807, 2.05) is 0 Å². The quantitative estimate of drug-likeness (QED) is 0.796. The Morgan fingerprint density at radius 3 is 2.29 bits per heavy atom. The minimum Gasteiger partial charge on any atom is -0.313 e. The van der Waals surface area contributed by atoms with Gasteiger partial charge in [0.15, 0.2) is 0 Å². The molecule has 1 saturated heterocycles. The summed E-state index contributed by atoms with van der Waals surface area (Å²) in [6.07, 6.45) is -0.933. The van der Waals surface area contributed by atoms with Crippen molar-refractivity contribution in [1.82, 2.24) is 5.32 Å². The molecule has 2 bridgehead atoms. The van der Waals surface area contributed by atoms with Crippen molar-refractivity contribution in [1.29, 1.82) is 0 Å². The molecule has 1 saturated carbocycles. The Morgan fingerprint density at radius 2 is 1.88 bits per heavy atom. The second kappa shape index (κ2) is 3.48. The first kappa shape index (κ1) is 11.1. The molecule has 0 spiro atoms. The number of alkyl halides is 3. The number of fused-ring (bicyclic) bond motifs is 2. The van der Waals surface area contributed by atoms with Crippen LogP contribution >= 0.6 is 0 Å². The highest BCUT2D eigenvalue weighted by Crippen LogP contribution is 2.45. The highest BCUT2D eigenvalue weighted by atomic mass is 19.4. The lowest BCUT2D eigenvalue weighted by Crippen LogP contribution is -2.32. The maximum Gasteiger partial charge on any atom is 0.416 e. The van der Waals surface area contributed by atoms with Crippen LogP contribution in [0.1, 0.15) is 30.4 Å². The molecule has 2 aliphatic rings. The molecule has 1 nitrogen and oxygen atoms in total. The number of piperidine rings is 1. The number of hydrogen-bond donors (Lipinski definition) is 1. The first-order chi connectivity index (χ1) is 8.00. The molecule has 0 aromatic heterocycles. The molecule has 1 aromatic rings. The van der Waals surface area contributed by atoms with Crippen LogP contribution < -0.4 is 5.32 Å². The molecule has 2 unspecified atom stereocenters. The van der Waals surface area contributed by atoms with Crippen LogP contribution in [-0.2, 0) is 11.6 Å². The summed E-state index contributed by atoms with van der Waals surface area (Å²) in [5.74, 6) is 0. The highest BCUT2D eigenvalue weighted by Gasteiger charge is 2.45. The molecule has 1 aliphatic heterocycles. The van der Waals surface area contributed by atoms with Gasteiger partial charge in [0.2, 0.25) is 0 Å². The Hall–Kier alpha value is -1.03. The fourth-order valence-corrected chi connectivity index (χ4v) is 3.18. The van der Waals surface area contributed by atoms with Crippen LogP contribution in [0.25, 0.3) is 0 Å². The van der Waals surface area contributed by atoms with Crippen LogP contribution in [0.3, 0.4) is 0 Å². The largest absolute Gasteiger partial charge is 0.416 e. The van der Waals surface area contributed by atoms with Crippen molar-refractivity contribution in [2.24, 2.45) is 0 Å². The number of nitrogens with one attached hydrogen (secondary N) is 1. The summed E-state index contributed by atoms with van der Waals surface area (Å²) in [6, 6.07) is 6.28. The van der Waals surface area contributed by atoms with Gasteiger partial charge in [0, 0.05) is 18.0 Å². The summed E-state index contributed by atoms with van der Waals surface area (Å²) in [6.45, 7) is 0.906. The predicted octanol–water partition coefficient (Wildman–Crippen LogP) is 3.10. The summed E-state index contributed by atoms with van der Waals surface area (Å²) in [5, 5.41) is 3.42. The van der Waals surface area contributed by atoms with E-state index in [9.17, 15) is 13.2 Å². The summed E-state index contributed by atoms with van der Waals surface area (Å²) in [5.41, 5.74) is 0.588. The van der Waals surface area contributed by atoms with Crippen molar-refractivity contribution < 1.29 is 13.2 Å².